The molecular formula is C14H15N3O2. The van der Waals surface area contributed by atoms with Gasteiger partial charge in [0.2, 0.25) is 0 Å². The molecule has 98 valence electrons. The number of hydrogen-bond acceptors (Lipinski definition) is 4. The number of aromatic nitrogens is 2. The van der Waals surface area contributed by atoms with Crippen molar-refractivity contribution in [3.63, 3.8) is 0 Å². The Morgan fingerprint density at radius 1 is 1.53 bits per heavy atom. The van der Waals surface area contributed by atoms with E-state index in [1.54, 1.807) is 20.2 Å². The van der Waals surface area contributed by atoms with E-state index in [0.717, 1.165) is 16.5 Å². The molecule has 0 fully saturated rings. The zero-order chi connectivity index (χ0) is 13.8. The van der Waals surface area contributed by atoms with Crippen molar-refractivity contribution in [2.24, 2.45) is 4.99 Å². The Morgan fingerprint density at radius 3 is 3.00 bits per heavy atom. The third-order valence-corrected chi connectivity index (χ3v) is 2.77. The van der Waals surface area contributed by atoms with E-state index in [9.17, 15) is 4.79 Å². The molecule has 0 radical (unpaired) electrons. The van der Waals surface area contributed by atoms with Crippen LogP contribution >= 0.6 is 0 Å². The van der Waals surface area contributed by atoms with Gasteiger partial charge in [-0.15, -0.1) is 0 Å². The van der Waals surface area contributed by atoms with Crippen LogP contribution in [0.5, 0.6) is 0 Å². The molecule has 1 heterocycles. The average Bonchev–Trinajstić information content (AvgIpc) is 2.88. The van der Waals surface area contributed by atoms with Gasteiger partial charge < -0.3 is 4.74 Å². The highest BCUT2D eigenvalue weighted by Crippen LogP contribution is 2.20. The van der Waals surface area contributed by atoms with Gasteiger partial charge in [-0.2, -0.15) is 5.10 Å². The molecule has 19 heavy (non-hydrogen) atoms. The molecular weight excluding hydrogens is 242 g/mol. The summed E-state index contributed by atoms with van der Waals surface area (Å²) >= 11 is 0. The quantitative estimate of drug-likeness (QED) is 0.518. The molecule has 0 spiro atoms. The van der Waals surface area contributed by atoms with Gasteiger partial charge in [-0.1, -0.05) is 18.7 Å². The molecule has 1 aromatic carbocycles. The second-order valence-electron chi connectivity index (χ2n) is 3.91. The van der Waals surface area contributed by atoms with Crippen LogP contribution in [0.15, 0.2) is 41.5 Å². The number of H-pyrrole nitrogens is 1. The van der Waals surface area contributed by atoms with Gasteiger partial charge in [-0.05, 0) is 13.0 Å². The lowest BCUT2D eigenvalue weighted by Gasteiger charge is -2.09. The number of fused-ring (bicyclic) bond motifs is 1. The summed E-state index contributed by atoms with van der Waals surface area (Å²) in [5.41, 5.74) is 2.46. The van der Waals surface area contributed by atoms with Crippen molar-refractivity contribution in [1.29, 1.82) is 0 Å². The lowest BCUT2D eigenvalue weighted by Crippen LogP contribution is -2.16. The SMILES string of the molecule is C=C(C(=O)OCC)C(=NC)c1cccc2[nH]ncc12. The summed E-state index contributed by atoms with van der Waals surface area (Å²) in [6, 6.07) is 5.66. The molecule has 1 N–H and O–H groups in total. The Morgan fingerprint density at radius 2 is 2.32 bits per heavy atom. The van der Waals surface area contributed by atoms with Crippen LogP contribution in [0, 0.1) is 0 Å². The van der Waals surface area contributed by atoms with Gasteiger partial charge in [0.15, 0.2) is 0 Å². The van der Waals surface area contributed by atoms with Crippen LogP contribution in [0.4, 0.5) is 0 Å². The summed E-state index contributed by atoms with van der Waals surface area (Å²) in [5, 5.41) is 7.77. The summed E-state index contributed by atoms with van der Waals surface area (Å²) in [5.74, 6) is -0.455. The van der Waals surface area contributed by atoms with Gasteiger partial charge in [-0.25, -0.2) is 4.79 Å². The van der Waals surface area contributed by atoms with Crippen LogP contribution in [0.25, 0.3) is 10.9 Å². The van der Waals surface area contributed by atoms with Crippen molar-refractivity contribution >= 4 is 22.6 Å². The smallest absolute Gasteiger partial charge is 0.339 e. The number of carbonyl (C=O) groups excluding carboxylic acids is 1. The zero-order valence-electron chi connectivity index (χ0n) is 10.9. The van der Waals surface area contributed by atoms with E-state index in [1.807, 2.05) is 18.2 Å². The van der Waals surface area contributed by atoms with Crippen LogP contribution in [0.2, 0.25) is 0 Å². The third kappa shape index (κ3) is 2.40. The summed E-state index contributed by atoms with van der Waals surface area (Å²) < 4.78 is 4.96. The Hall–Kier alpha value is -2.43. The highest BCUT2D eigenvalue weighted by molar-refractivity contribution is 6.29. The van der Waals surface area contributed by atoms with E-state index in [1.165, 1.54) is 0 Å². The van der Waals surface area contributed by atoms with Crippen LogP contribution < -0.4 is 0 Å². The van der Waals surface area contributed by atoms with Gasteiger partial charge in [0.1, 0.15) is 0 Å². The molecule has 1 aromatic heterocycles. The maximum atomic E-state index is 11.8. The van der Waals surface area contributed by atoms with Crippen molar-refractivity contribution in [2.75, 3.05) is 13.7 Å². The first-order chi connectivity index (χ1) is 9.19. The molecule has 0 aliphatic carbocycles. The van der Waals surface area contributed by atoms with E-state index in [-0.39, 0.29) is 5.57 Å². The summed E-state index contributed by atoms with van der Waals surface area (Å²) in [4.78, 5) is 15.9. The maximum absolute atomic E-state index is 11.8. The van der Waals surface area contributed by atoms with E-state index < -0.39 is 5.97 Å². The summed E-state index contributed by atoms with van der Waals surface area (Å²) in [7, 11) is 1.62. The van der Waals surface area contributed by atoms with E-state index in [4.69, 9.17) is 4.74 Å². The van der Waals surface area contributed by atoms with Gasteiger partial charge in [-0.3, -0.25) is 10.1 Å². The highest BCUT2D eigenvalue weighted by atomic mass is 16.5. The summed E-state index contributed by atoms with van der Waals surface area (Å²) in [6.45, 7) is 5.84. The van der Waals surface area contributed by atoms with Crippen molar-refractivity contribution < 1.29 is 9.53 Å². The minimum atomic E-state index is -0.455. The van der Waals surface area contributed by atoms with Gasteiger partial charge >= 0.3 is 5.97 Å². The van der Waals surface area contributed by atoms with E-state index in [2.05, 4.69) is 21.8 Å². The molecule has 0 saturated carbocycles. The Balaban J connectivity index is 2.46. The molecule has 5 heteroatoms. The van der Waals surface area contributed by atoms with Crippen molar-refractivity contribution in [2.45, 2.75) is 6.92 Å². The zero-order valence-corrected chi connectivity index (χ0v) is 10.9. The molecule has 0 aliphatic rings. The number of ether oxygens (including phenoxy) is 1. The summed E-state index contributed by atoms with van der Waals surface area (Å²) in [6.07, 6.45) is 1.70. The van der Waals surface area contributed by atoms with Crippen LogP contribution in [0.1, 0.15) is 12.5 Å². The molecule has 2 aromatic rings. The molecule has 2 rings (SSSR count). The maximum Gasteiger partial charge on any atom is 0.339 e. The fourth-order valence-electron chi connectivity index (χ4n) is 1.91. The molecule has 0 saturated heterocycles. The van der Waals surface area contributed by atoms with Crippen molar-refractivity contribution in [1.82, 2.24) is 10.2 Å². The number of hydrogen-bond donors (Lipinski definition) is 1. The number of aromatic amines is 1. The predicted molar refractivity (Wildman–Crippen MR) is 74.3 cm³/mol. The number of aliphatic imine (C=N–C) groups is 1. The Kier molecular flexibility index (Phi) is 3.75. The first-order valence-corrected chi connectivity index (χ1v) is 5.94. The predicted octanol–water partition coefficient (Wildman–Crippen LogP) is 2.10. The normalized spacial score (nSPS) is 11.6. The molecule has 0 atom stereocenters. The standard InChI is InChI=1S/C14H15N3O2/c1-4-19-14(18)9(2)13(15-3)10-6-5-7-12-11(10)8-16-17-12/h5-8H,2,4H2,1,3H3,(H,16,17). The van der Waals surface area contributed by atoms with E-state index >= 15 is 0 Å². The van der Waals surface area contributed by atoms with Crippen molar-refractivity contribution in [3.8, 4) is 0 Å². The molecule has 0 unspecified atom stereocenters. The Labute approximate surface area is 111 Å². The number of nitrogens with zero attached hydrogens (tertiary/aromatic N) is 2. The third-order valence-electron chi connectivity index (χ3n) is 2.77. The molecule has 0 amide bonds. The van der Waals surface area contributed by atoms with Crippen molar-refractivity contribution in [3.05, 3.63) is 42.1 Å². The lowest BCUT2D eigenvalue weighted by atomic mass is 10.0. The topological polar surface area (TPSA) is 67.3 Å². The fraction of sp³-hybridized carbons (Fsp3) is 0.214. The van der Waals surface area contributed by atoms with Gasteiger partial charge in [0.05, 0.1) is 29.6 Å². The molecule has 5 nitrogen and oxygen atoms in total. The number of benzene rings is 1. The highest BCUT2D eigenvalue weighted by Gasteiger charge is 2.18. The largest absolute Gasteiger partial charge is 0.462 e. The monoisotopic (exact) mass is 257 g/mol. The first kappa shape index (κ1) is 13.0. The second-order valence-corrected chi connectivity index (χ2v) is 3.91. The number of rotatable bonds is 4. The Bertz CT molecular complexity index is 656. The lowest BCUT2D eigenvalue weighted by molar-refractivity contribution is -0.137. The average molecular weight is 257 g/mol. The first-order valence-electron chi connectivity index (χ1n) is 5.94. The molecule has 0 bridgehead atoms. The number of nitrogens with one attached hydrogen (secondary N) is 1. The number of carbonyl (C=O) groups is 1. The second kappa shape index (κ2) is 5.48. The van der Waals surface area contributed by atoms with Crippen LogP contribution in [0.3, 0.4) is 0 Å². The van der Waals surface area contributed by atoms with Gasteiger partial charge in [0, 0.05) is 18.0 Å². The number of esters is 1. The molecule has 0 aliphatic heterocycles. The minimum absolute atomic E-state index is 0.248. The van der Waals surface area contributed by atoms with E-state index in [0.29, 0.717) is 12.3 Å². The fourth-order valence-corrected chi connectivity index (χ4v) is 1.91. The van der Waals surface area contributed by atoms with Crippen LogP contribution in [-0.2, 0) is 9.53 Å². The van der Waals surface area contributed by atoms with Gasteiger partial charge in [0.25, 0.3) is 0 Å². The minimum Gasteiger partial charge on any atom is -0.462 e. The van der Waals surface area contributed by atoms with Crippen LogP contribution in [-0.4, -0.2) is 35.5 Å².